The Morgan fingerprint density at radius 1 is 0.848 bits per heavy atom. The Balaban J connectivity index is 1.98. The van der Waals surface area contributed by atoms with Gasteiger partial charge >= 0.3 is 0 Å². The molecule has 0 bridgehead atoms. The topological polar surface area (TPSA) is 21.2 Å². The summed E-state index contributed by atoms with van der Waals surface area (Å²) < 4.78 is 4.77. The van der Waals surface area contributed by atoms with Crippen LogP contribution in [0.15, 0.2) is 48.5 Å². The average Bonchev–Trinajstić information content (AvgIpc) is 2.98. The third-order valence-corrected chi connectivity index (χ3v) is 6.51. The fourth-order valence-corrected chi connectivity index (χ4v) is 5.38. The average molecular weight is 439 g/mol. The highest BCUT2D eigenvalue weighted by atomic mass is 15.1. The first-order chi connectivity index (χ1) is 15.4. The summed E-state index contributed by atoms with van der Waals surface area (Å²) in [5.41, 5.74) is 10.3. The maximum Gasteiger partial charge on any atom is 0.297 e. The van der Waals surface area contributed by atoms with Gasteiger partial charge in [0.05, 0.1) is 18.0 Å². The van der Waals surface area contributed by atoms with E-state index >= 15 is 0 Å². The molecule has 5 aromatic rings. The van der Waals surface area contributed by atoms with E-state index in [1.807, 2.05) is 0 Å². The maximum absolute atomic E-state index is 5.32. The maximum atomic E-state index is 5.32. The molecule has 0 N–H and O–H groups in total. The molecule has 170 valence electrons. The Kier molecular flexibility index (Phi) is 4.83. The number of aryl methyl sites for hydroxylation is 2. The number of fused-ring (bicyclic) bond motifs is 8. The number of hydrogen-bond acceptors (Lipinski definition) is 1. The van der Waals surface area contributed by atoms with Crippen molar-refractivity contribution in [1.29, 1.82) is 0 Å². The van der Waals surface area contributed by atoms with Crippen LogP contribution >= 0.6 is 0 Å². The Labute approximate surface area is 197 Å². The van der Waals surface area contributed by atoms with Crippen LogP contribution in [0.3, 0.4) is 0 Å². The highest BCUT2D eigenvalue weighted by Gasteiger charge is 2.26. The predicted molar refractivity (Wildman–Crippen MR) is 140 cm³/mol. The van der Waals surface area contributed by atoms with E-state index in [4.69, 9.17) is 4.98 Å². The molecular weight excluding hydrogens is 402 g/mol. The molecular formula is C30H36N3+. The summed E-state index contributed by atoms with van der Waals surface area (Å²) in [6, 6.07) is 18.0. The van der Waals surface area contributed by atoms with Crippen molar-refractivity contribution in [3.8, 4) is 0 Å². The van der Waals surface area contributed by atoms with Crippen molar-refractivity contribution in [2.75, 3.05) is 0 Å². The van der Waals surface area contributed by atoms with Gasteiger partial charge < -0.3 is 0 Å². The molecule has 0 radical (unpaired) electrons. The third-order valence-electron chi connectivity index (χ3n) is 6.51. The molecule has 3 heterocycles. The van der Waals surface area contributed by atoms with E-state index in [9.17, 15) is 0 Å². The molecule has 0 amide bonds. The van der Waals surface area contributed by atoms with Crippen molar-refractivity contribution in [3.05, 3.63) is 65.4 Å². The van der Waals surface area contributed by atoms with Gasteiger partial charge in [-0.05, 0) is 72.1 Å². The first-order valence-electron chi connectivity index (χ1n) is 12.1. The Morgan fingerprint density at radius 3 is 2.24 bits per heavy atom. The van der Waals surface area contributed by atoms with Gasteiger partial charge in [0, 0.05) is 11.1 Å². The number of benzene rings is 2. The zero-order chi connectivity index (χ0) is 23.7. The van der Waals surface area contributed by atoms with Gasteiger partial charge in [0.2, 0.25) is 0 Å². The summed E-state index contributed by atoms with van der Waals surface area (Å²) in [7, 11) is 2.18. The molecule has 0 saturated heterocycles. The number of rotatable bonds is 2. The summed E-state index contributed by atoms with van der Waals surface area (Å²) in [6.45, 7) is 16.0. The molecule has 33 heavy (non-hydrogen) atoms. The first kappa shape index (κ1) is 21.9. The van der Waals surface area contributed by atoms with Crippen molar-refractivity contribution < 1.29 is 4.57 Å². The van der Waals surface area contributed by atoms with Crippen LogP contribution in [0.1, 0.15) is 58.4 Å². The van der Waals surface area contributed by atoms with Crippen LogP contribution in [-0.4, -0.2) is 9.38 Å². The second-order valence-corrected chi connectivity index (χ2v) is 12.2. The molecule has 0 spiro atoms. The van der Waals surface area contributed by atoms with E-state index in [2.05, 4.69) is 113 Å². The minimum atomic E-state index is 0.193. The fourth-order valence-electron chi connectivity index (χ4n) is 5.38. The first-order valence-corrected chi connectivity index (χ1v) is 12.1. The Morgan fingerprint density at radius 2 is 1.55 bits per heavy atom. The van der Waals surface area contributed by atoms with Crippen molar-refractivity contribution in [1.82, 2.24) is 9.38 Å². The molecule has 0 aliphatic rings. The number of hydrogen-bond donors (Lipinski definition) is 0. The van der Waals surface area contributed by atoms with E-state index in [0.29, 0.717) is 0 Å². The largest absolute Gasteiger partial charge is 0.297 e. The molecule has 3 aromatic heterocycles. The summed E-state index contributed by atoms with van der Waals surface area (Å²) in [5, 5.41) is 2.51. The highest BCUT2D eigenvalue weighted by Crippen LogP contribution is 2.35. The predicted octanol–water partition coefficient (Wildman–Crippen LogP) is 7.10. The van der Waals surface area contributed by atoms with Gasteiger partial charge in [0.25, 0.3) is 5.65 Å². The minimum absolute atomic E-state index is 0.193. The lowest BCUT2D eigenvalue weighted by atomic mass is 9.87. The minimum Gasteiger partial charge on any atom is -0.252 e. The standard InChI is InChI=1S/C30H36N3/c1-19-15-21(18-30(5,6)7)31-27-22-16-20(17-29(2,3)4)13-14-23(22)33-25-12-10-9-11-24(25)32(8)28(33)26(19)27/h9-16H,17-18H2,1-8H3/q+1. The van der Waals surface area contributed by atoms with Gasteiger partial charge in [-0.25, -0.2) is 4.57 Å². The number of pyridine rings is 2. The van der Waals surface area contributed by atoms with E-state index in [-0.39, 0.29) is 10.8 Å². The lowest BCUT2D eigenvalue weighted by Crippen LogP contribution is -2.27. The molecule has 0 aliphatic heterocycles. The number of imidazole rings is 1. The number of nitrogens with zero attached hydrogens (tertiary/aromatic N) is 3. The molecule has 3 nitrogen and oxygen atoms in total. The van der Waals surface area contributed by atoms with Crippen molar-refractivity contribution in [3.63, 3.8) is 0 Å². The lowest BCUT2D eigenvalue weighted by Gasteiger charge is -2.19. The van der Waals surface area contributed by atoms with E-state index in [1.54, 1.807) is 0 Å². The van der Waals surface area contributed by atoms with E-state index in [1.165, 1.54) is 49.8 Å². The van der Waals surface area contributed by atoms with Crippen LogP contribution in [0.2, 0.25) is 0 Å². The fraction of sp³-hybridized carbons (Fsp3) is 0.400. The van der Waals surface area contributed by atoms with E-state index < -0.39 is 0 Å². The van der Waals surface area contributed by atoms with Crippen LogP contribution in [0.25, 0.3) is 38.5 Å². The number of para-hydroxylation sites is 2. The summed E-state index contributed by atoms with van der Waals surface area (Å²) in [5.74, 6) is 0. The Bertz CT molecular complexity index is 1540. The SMILES string of the molecule is Cc1cc(CC(C)(C)C)nc2c3cc(CC(C)(C)C)ccc3n3c4ccccc4[n+](C)c3c12. The third kappa shape index (κ3) is 3.78. The van der Waals surface area contributed by atoms with Gasteiger partial charge in [0.1, 0.15) is 5.52 Å². The van der Waals surface area contributed by atoms with Crippen LogP contribution < -0.4 is 4.57 Å². The molecule has 3 heteroatoms. The van der Waals surface area contributed by atoms with Gasteiger partial charge in [-0.2, -0.15) is 4.40 Å². The second kappa shape index (κ2) is 7.28. The molecule has 0 atom stereocenters. The monoisotopic (exact) mass is 438 g/mol. The quantitative estimate of drug-likeness (QED) is 0.213. The lowest BCUT2D eigenvalue weighted by molar-refractivity contribution is -0.617. The summed E-state index contributed by atoms with van der Waals surface area (Å²) in [4.78, 5) is 5.32. The smallest absolute Gasteiger partial charge is 0.252 e. The van der Waals surface area contributed by atoms with Gasteiger partial charge in [-0.3, -0.25) is 4.98 Å². The van der Waals surface area contributed by atoms with Crippen molar-refractivity contribution in [2.45, 2.75) is 61.3 Å². The molecule has 0 aliphatic carbocycles. The van der Waals surface area contributed by atoms with Gasteiger partial charge in [0.15, 0.2) is 11.0 Å². The van der Waals surface area contributed by atoms with Crippen LogP contribution in [0.4, 0.5) is 0 Å². The molecule has 5 rings (SSSR count). The van der Waals surface area contributed by atoms with Crippen molar-refractivity contribution in [2.24, 2.45) is 17.9 Å². The summed E-state index contributed by atoms with van der Waals surface area (Å²) in [6.07, 6.45) is 2.01. The van der Waals surface area contributed by atoms with E-state index in [0.717, 1.165) is 18.4 Å². The van der Waals surface area contributed by atoms with Crippen LogP contribution in [0, 0.1) is 17.8 Å². The van der Waals surface area contributed by atoms with Crippen LogP contribution in [-0.2, 0) is 19.9 Å². The highest BCUT2D eigenvalue weighted by molar-refractivity contribution is 6.12. The van der Waals surface area contributed by atoms with Crippen LogP contribution in [0.5, 0.6) is 0 Å². The van der Waals surface area contributed by atoms with Gasteiger partial charge in [-0.15, -0.1) is 0 Å². The summed E-state index contributed by atoms with van der Waals surface area (Å²) >= 11 is 0. The van der Waals surface area contributed by atoms with Gasteiger partial charge in [-0.1, -0.05) is 59.7 Å². The zero-order valence-corrected chi connectivity index (χ0v) is 21.4. The molecule has 2 aromatic carbocycles. The second-order valence-electron chi connectivity index (χ2n) is 12.2. The normalized spacial score (nSPS) is 13.1. The molecule has 0 saturated carbocycles. The zero-order valence-electron chi connectivity index (χ0n) is 21.4. The molecule has 0 fully saturated rings. The Hall–Kier alpha value is -2.94. The number of aromatic nitrogens is 3. The molecule has 0 unspecified atom stereocenters. The van der Waals surface area contributed by atoms with Crippen molar-refractivity contribution >= 4 is 38.5 Å².